The number of carbonyl (C=O) groups excluding carboxylic acids is 1. The van der Waals surface area contributed by atoms with E-state index in [2.05, 4.69) is 24.8 Å². The highest BCUT2D eigenvalue weighted by Crippen LogP contribution is 2.32. The van der Waals surface area contributed by atoms with Crippen molar-refractivity contribution in [1.29, 1.82) is 0 Å². The number of aromatic nitrogens is 1. The van der Waals surface area contributed by atoms with Crippen molar-refractivity contribution >= 4 is 54.4 Å². The first-order valence-electron chi connectivity index (χ1n) is 12.0. The van der Waals surface area contributed by atoms with Crippen LogP contribution in [0.4, 0.5) is 5.13 Å². The van der Waals surface area contributed by atoms with Gasteiger partial charge in [0.05, 0.1) is 15.1 Å². The Morgan fingerprint density at radius 1 is 1.06 bits per heavy atom. The minimum Gasteiger partial charge on any atom is -0.302 e. The molecule has 188 valence electrons. The number of hydrogen-bond acceptors (Lipinski definition) is 7. The molecule has 1 fully saturated rings. The monoisotopic (exact) mass is 532 g/mol. The maximum absolute atomic E-state index is 13.7. The van der Waals surface area contributed by atoms with Gasteiger partial charge in [-0.1, -0.05) is 25.2 Å². The van der Waals surface area contributed by atoms with Crippen molar-refractivity contribution in [2.45, 2.75) is 36.5 Å². The molecule has 0 aliphatic carbocycles. The molecule has 2 aromatic carbocycles. The number of rotatable bonds is 10. The molecule has 2 heterocycles. The highest BCUT2D eigenvalue weighted by Gasteiger charge is 2.28. The Bertz CT molecular complexity index is 1260. The molecule has 3 aromatic rings. The summed E-state index contributed by atoms with van der Waals surface area (Å²) in [4.78, 5) is 23.8. The molecule has 0 atom stereocenters. The molecule has 0 unspecified atom stereocenters. The summed E-state index contributed by atoms with van der Waals surface area (Å²) in [6.45, 7) is 8.36. The first-order valence-corrected chi connectivity index (χ1v) is 15.4. The molecule has 0 saturated carbocycles. The van der Waals surface area contributed by atoms with E-state index in [-0.39, 0.29) is 10.8 Å². The van der Waals surface area contributed by atoms with E-state index in [1.807, 2.05) is 18.4 Å². The quantitative estimate of drug-likeness (QED) is 0.350. The molecule has 1 aliphatic rings. The van der Waals surface area contributed by atoms with Gasteiger partial charge in [-0.2, -0.15) is 4.31 Å². The van der Waals surface area contributed by atoms with E-state index in [0.717, 1.165) is 47.6 Å². The van der Waals surface area contributed by atoms with E-state index in [9.17, 15) is 13.2 Å². The first kappa shape index (κ1) is 26.1. The van der Waals surface area contributed by atoms with Crippen LogP contribution in [-0.2, 0) is 10.0 Å². The molecule has 10 heteroatoms. The second-order valence-electron chi connectivity index (χ2n) is 8.45. The number of carbonyl (C=O) groups is 1. The maximum Gasteiger partial charge on any atom is 0.260 e. The number of hydrogen-bond donors (Lipinski definition) is 0. The Morgan fingerprint density at radius 2 is 1.74 bits per heavy atom. The molecule has 4 rings (SSSR count). The number of sulfonamides is 1. The van der Waals surface area contributed by atoms with Crippen LogP contribution < -0.4 is 4.90 Å². The zero-order valence-corrected chi connectivity index (χ0v) is 22.9. The Morgan fingerprint density at radius 3 is 2.37 bits per heavy atom. The van der Waals surface area contributed by atoms with Gasteiger partial charge in [0.1, 0.15) is 0 Å². The average Bonchev–Trinajstić information content (AvgIpc) is 3.57. The highest BCUT2D eigenvalue weighted by atomic mass is 32.2. The van der Waals surface area contributed by atoms with Crippen molar-refractivity contribution in [3.63, 3.8) is 0 Å². The van der Waals surface area contributed by atoms with Gasteiger partial charge in [0.2, 0.25) is 10.0 Å². The number of nitrogens with zero attached hydrogens (tertiary/aromatic N) is 4. The Labute approximate surface area is 216 Å². The first-order chi connectivity index (χ1) is 16.9. The molecule has 1 aromatic heterocycles. The van der Waals surface area contributed by atoms with E-state index >= 15 is 0 Å². The molecule has 1 saturated heterocycles. The zero-order valence-electron chi connectivity index (χ0n) is 20.4. The third-order valence-electron chi connectivity index (χ3n) is 6.40. The van der Waals surface area contributed by atoms with Crippen LogP contribution in [0.1, 0.15) is 37.0 Å². The maximum atomic E-state index is 13.7. The van der Waals surface area contributed by atoms with E-state index in [1.54, 1.807) is 40.9 Å². The van der Waals surface area contributed by atoms with Gasteiger partial charge in [0, 0.05) is 36.6 Å². The molecule has 0 N–H and O–H groups in total. The van der Waals surface area contributed by atoms with Crippen LogP contribution >= 0.6 is 23.1 Å². The summed E-state index contributed by atoms with van der Waals surface area (Å²) in [5.41, 5.74) is 1.32. The van der Waals surface area contributed by atoms with Gasteiger partial charge in [-0.25, -0.2) is 13.4 Å². The fourth-order valence-corrected chi connectivity index (χ4v) is 7.26. The van der Waals surface area contributed by atoms with Crippen molar-refractivity contribution < 1.29 is 13.2 Å². The predicted octanol–water partition coefficient (Wildman–Crippen LogP) is 4.79. The number of thiazole rings is 1. The summed E-state index contributed by atoms with van der Waals surface area (Å²) in [7, 11) is -3.52. The predicted molar refractivity (Wildman–Crippen MR) is 145 cm³/mol. The normalized spacial score (nSPS) is 14.7. The van der Waals surface area contributed by atoms with Crippen LogP contribution in [0.5, 0.6) is 0 Å². The largest absolute Gasteiger partial charge is 0.302 e. The van der Waals surface area contributed by atoms with Gasteiger partial charge >= 0.3 is 0 Å². The van der Waals surface area contributed by atoms with Crippen LogP contribution in [-0.4, -0.2) is 74.0 Å². The van der Waals surface area contributed by atoms with Gasteiger partial charge in [0.25, 0.3) is 5.91 Å². The topological polar surface area (TPSA) is 73.8 Å². The van der Waals surface area contributed by atoms with Crippen molar-refractivity contribution in [1.82, 2.24) is 14.2 Å². The molecule has 0 radical (unpaired) electrons. The third kappa shape index (κ3) is 5.72. The van der Waals surface area contributed by atoms with Gasteiger partial charge in [-0.05, 0) is 74.7 Å². The Balaban J connectivity index is 1.63. The van der Waals surface area contributed by atoms with Crippen LogP contribution in [0.2, 0.25) is 0 Å². The Hall–Kier alpha value is -1.98. The molecular formula is C25H32N4O3S3. The van der Waals surface area contributed by atoms with Crippen LogP contribution in [0.15, 0.2) is 52.3 Å². The standard InChI is InChI=1S/C25H32N4O3S3/c1-4-27(5-2)16-17-29(25-26-22-13-10-20(33-3)18-23(22)34-25)24(30)19-8-11-21(12-9-19)35(31,32)28-14-6-7-15-28/h8-13,18H,4-7,14-17H2,1-3H3. The Kier molecular flexibility index (Phi) is 8.49. The summed E-state index contributed by atoms with van der Waals surface area (Å²) < 4.78 is 28.3. The number of fused-ring (bicyclic) bond motifs is 1. The average molecular weight is 533 g/mol. The lowest BCUT2D eigenvalue weighted by Crippen LogP contribution is -2.38. The molecule has 7 nitrogen and oxygen atoms in total. The highest BCUT2D eigenvalue weighted by molar-refractivity contribution is 7.98. The lowest BCUT2D eigenvalue weighted by Gasteiger charge is -2.25. The summed E-state index contributed by atoms with van der Waals surface area (Å²) >= 11 is 3.18. The molecule has 1 amide bonds. The third-order valence-corrected chi connectivity index (χ3v) is 10.1. The second-order valence-corrected chi connectivity index (χ2v) is 12.3. The lowest BCUT2D eigenvalue weighted by atomic mass is 10.2. The number of anilines is 1. The van der Waals surface area contributed by atoms with Gasteiger partial charge < -0.3 is 4.90 Å². The second kappa shape index (κ2) is 11.4. The van der Waals surface area contributed by atoms with E-state index in [1.165, 1.54) is 15.6 Å². The molecular weight excluding hydrogens is 501 g/mol. The van der Waals surface area contributed by atoms with Crippen LogP contribution in [0, 0.1) is 0 Å². The minimum atomic E-state index is -3.52. The van der Waals surface area contributed by atoms with Crippen molar-refractivity contribution in [3.8, 4) is 0 Å². The van der Waals surface area contributed by atoms with Gasteiger partial charge in [-0.15, -0.1) is 11.8 Å². The van der Waals surface area contributed by atoms with Gasteiger partial charge in [0.15, 0.2) is 5.13 Å². The van der Waals surface area contributed by atoms with E-state index < -0.39 is 10.0 Å². The SMILES string of the molecule is CCN(CC)CCN(C(=O)c1ccc(S(=O)(=O)N2CCCC2)cc1)c1nc2ccc(SC)cc2s1. The van der Waals surface area contributed by atoms with Crippen molar-refractivity contribution in [3.05, 3.63) is 48.0 Å². The zero-order chi connectivity index (χ0) is 25.0. The summed E-state index contributed by atoms with van der Waals surface area (Å²) in [6, 6.07) is 12.5. The number of likely N-dealkylation sites (N-methyl/N-ethyl adjacent to an activating group) is 1. The fourth-order valence-electron chi connectivity index (χ4n) is 4.20. The molecule has 0 spiro atoms. The number of benzene rings is 2. The van der Waals surface area contributed by atoms with Crippen LogP contribution in [0.25, 0.3) is 10.2 Å². The van der Waals surface area contributed by atoms with Gasteiger partial charge in [-0.3, -0.25) is 9.69 Å². The van der Waals surface area contributed by atoms with E-state index in [4.69, 9.17) is 4.98 Å². The molecule has 0 bridgehead atoms. The number of thioether (sulfide) groups is 1. The number of amides is 1. The van der Waals surface area contributed by atoms with Crippen LogP contribution in [0.3, 0.4) is 0 Å². The fraction of sp³-hybridized carbons (Fsp3) is 0.440. The van der Waals surface area contributed by atoms with E-state index in [0.29, 0.717) is 30.3 Å². The van der Waals surface area contributed by atoms with Crippen molar-refractivity contribution in [2.75, 3.05) is 50.4 Å². The summed E-state index contributed by atoms with van der Waals surface area (Å²) in [5.74, 6) is -0.175. The molecule has 35 heavy (non-hydrogen) atoms. The van der Waals surface area contributed by atoms with Crippen molar-refractivity contribution in [2.24, 2.45) is 0 Å². The summed E-state index contributed by atoms with van der Waals surface area (Å²) in [5, 5.41) is 0.657. The lowest BCUT2D eigenvalue weighted by molar-refractivity contribution is 0.0983. The molecule has 1 aliphatic heterocycles. The minimum absolute atomic E-state index is 0.175. The summed E-state index contributed by atoms with van der Waals surface area (Å²) in [6.07, 6.45) is 3.81. The smallest absolute Gasteiger partial charge is 0.260 e.